The molecule has 0 bridgehead atoms. The van der Waals surface area contributed by atoms with Crippen molar-refractivity contribution in [3.63, 3.8) is 0 Å². The van der Waals surface area contributed by atoms with Gasteiger partial charge in [0.05, 0.1) is 20.1 Å². The first-order valence-electron chi connectivity index (χ1n) is 10.7. The minimum Gasteiger partial charge on any atom is -0.316 e. The van der Waals surface area contributed by atoms with Gasteiger partial charge in [0, 0.05) is 24.7 Å². The zero-order valence-corrected chi connectivity index (χ0v) is 20.7. The van der Waals surface area contributed by atoms with Crippen LogP contribution in [0.4, 0.5) is 0 Å². The average molecular weight is 492 g/mol. The van der Waals surface area contributed by atoms with E-state index in [4.69, 9.17) is 11.6 Å². The smallest absolute Gasteiger partial charge is 0.279 e. The lowest BCUT2D eigenvalue weighted by molar-refractivity contribution is 0.0997. The van der Waals surface area contributed by atoms with Gasteiger partial charge in [-0.1, -0.05) is 35.4 Å². The Labute approximate surface area is 197 Å². The molecule has 4 rings (SSSR count). The van der Waals surface area contributed by atoms with Crippen molar-refractivity contribution in [1.82, 2.24) is 8.87 Å². The molecule has 1 fully saturated rings. The van der Waals surface area contributed by atoms with E-state index in [2.05, 4.69) is 4.99 Å². The summed E-state index contributed by atoms with van der Waals surface area (Å²) in [5, 5.41) is 0.633. The molecule has 2 heterocycles. The van der Waals surface area contributed by atoms with Gasteiger partial charge in [-0.3, -0.25) is 4.79 Å². The number of thiazole rings is 1. The van der Waals surface area contributed by atoms with Crippen molar-refractivity contribution < 1.29 is 13.2 Å². The van der Waals surface area contributed by atoms with E-state index in [1.807, 2.05) is 37.5 Å². The fourth-order valence-corrected chi connectivity index (χ4v) is 7.32. The van der Waals surface area contributed by atoms with Gasteiger partial charge in [0.2, 0.25) is 10.0 Å². The number of halogens is 1. The van der Waals surface area contributed by atoms with Crippen molar-refractivity contribution in [3.8, 4) is 0 Å². The molecule has 0 radical (unpaired) electrons. The quantitative estimate of drug-likeness (QED) is 0.516. The summed E-state index contributed by atoms with van der Waals surface area (Å²) in [6.07, 6.45) is 2.78. The van der Waals surface area contributed by atoms with Gasteiger partial charge in [-0.25, -0.2) is 8.42 Å². The minimum absolute atomic E-state index is 0.0159. The second-order valence-electron chi connectivity index (χ2n) is 8.07. The van der Waals surface area contributed by atoms with Crippen LogP contribution in [0.15, 0.2) is 46.3 Å². The number of piperidine rings is 1. The second-order valence-corrected chi connectivity index (χ2v) is 11.3. The zero-order valence-electron chi connectivity index (χ0n) is 18.3. The van der Waals surface area contributed by atoms with Crippen LogP contribution in [0.25, 0.3) is 10.2 Å². The molecule has 0 spiro atoms. The maximum Gasteiger partial charge on any atom is 0.279 e. The molecular weight excluding hydrogens is 466 g/mol. The Morgan fingerprint density at radius 3 is 2.56 bits per heavy atom. The molecule has 1 unspecified atom stereocenters. The molecule has 32 heavy (non-hydrogen) atoms. The predicted octanol–water partition coefficient (Wildman–Crippen LogP) is 4.99. The summed E-state index contributed by atoms with van der Waals surface area (Å²) in [5.41, 5.74) is 2.39. The first-order chi connectivity index (χ1) is 15.2. The van der Waals surface area contributed by atoms with E-state index < -0.39 is 15.9 Å². The maximum atomic E-state index is 13.0. The number of carbonyl (C=O) groups is 1. The number of fused-ring (bicyclic) bond motifs is 1. The molecule has 1 aliphatic rings. The lowest BCUT2D eigenvalue weighted by atomic mass is 10.1. The molecule has 6 nitrogen and oxygen atoms in total. The van der Waals surface area contributed by atoms with Crippen LogP contribution in [-0.2, 0) is 16.6 Å². The Morgan fingerprint density at radius 1 is 1.19 bits per heavy atom. The number of benzene rings is 2. The van der Waals surface area contributed by atoms with Gasteiger partial charge in [-0.15, -0.1) is 0 Å². The fourth-order valence-electron chi connectivity index (χ4n) is 4.18. The summed E-state index contributed by atoms with van der Waals surface area (Å²) in [7, 11) is -3.58. The van der Waals surface area contributed by atoms with Crippen LogP contribution in [0, 0.1) is 6.92 Å². The molecule has 0 saturated carbocycles. The lowest BCUT2D eigenvalue weighted by Crippen LogP contribution is -2.41. The number of amides is 1. The number of sulfonamides is 1. The highest BCUT2D eigenvalue weighted by molar-refractivity contribution is 7.89. The highest BCUT2D eigenvalue weighted by Crippen LogP contribution is 2.29. The Kier molecular flexibility index (Phi) is 6.58. The van der Waals surface area contributed by atoms with Crippen LogP contribution < -0.4 is 4.80 Å². The molecule has 1 aromatic heterocycles. The van der Waals surface area contributed by atoms with Crippen molar-refractivity contribution >= 4 is 49.1 Å². The summed E-state index contributed by atoms with van der Waals surface area (Å²) in [6.45, 7) is 7.13. The third-order valence-corrected chi connectivity index (χ3v) is 9.51. The summed E-state index contributed by atoms with van der Waals surface area (Å²) in [4.78, 5) is 18.0. The Bertz CT molecular complexity index is 1340. The second kappa shape index (κ2) is 9.09. The summed E-state index contributed by atoms with van der Waals surface area (Å²) in [5.74, 6) is -0.414. The number of hydrogen-bond acceptors (Lipinski definition) is 4. The first-order valence-corrected chi connectivity index (χ1v) is 13.4. The van der Waals surface area contributed by atoms with Crippen LogP contribution in [0.1, 0.15) is 49.0 Å². The predicted molar refractivity (Wildman–Crippen MR) is 129 cm³/mol. The van der Waals surface area contributed by atoms with Gasteiger partial charge in [0.1, 0.15) is 0 Å². The molecule has 1 atom stereocenters. The van der Waals surface area contributed by atoms with Gasteiger partial charge in [-0.2, -0.15) is 9.30 Å². The van der Waals surface area contributed by atoms with E-state index in [0.29, 0.717) is 28.5 Å². The molecule has 1 saturated heterocycles. The monoisotopic (exact) mass is 491 g/mol. The van der Waals surface area contributed by atoms with Crippen LogP contribution >= 0.6 is 22.9 Å². The van der Waals surface area contributed by atoms with E-state index >= 15 is 0 Å². The van der Waals surface area contributed by atoms with Crippen LogP contribution in [0.3, 0.4) is 0 Å². The molecule has 1 amide bonds. The summed E-state index contributed by atoms with van der Waals surface area (Å²) < 4.78 is 30.5. The van der Waals surface area contributed by atoms with E-state index in [1.165, 1.54) is 35.6 Å². The standard InChI is InChI=1S/C23H26ClN3O3S2/c1-4-26-20-15(2)8-13-19(24)21(20)31-23(26)25-22(28)17-9-11-18(12-10-17)32(29,30)27-14-6-5-7-16(27)3/h8-13,16H,4-7,14H2,1-3H3. The zero-order chi connectivity index (χ0) is 23.0. The van der Waals surface area contributed by atoms with E-state index in [-0.39, 0.29) is 10.9 Å². The summed E-state index contributed by atoms with van der Waals surface area (Å²) >= 11 is 7.75. The Balaban J connectivity index is 1.67. The van der Waals surface area contributed by atoms with Crippen molar-refractivity contribution in [2.24, 2.45) is 4.99 Å². The van der Waals surface area contributed by atoms with E-state index in [0.717, 1.165) is 35.0 Å². The number of nitrogens with zero attached hydrogens (tertiary/aromatic N) is 3. The van der Waals surface area contributed by atoms with Crippen LogP contribution in [-0.4, -0.2) is 35.8 Å². The largest absolute Gasteiger partial charge is 0.316 e. The summed E-state index contributed by atoms with van der Waals surface area (Å²) in [6, 6.07) is 9.86. The number of carbonyl (C=O) groups excluding carboxylic acids is 1. The number of hydrogen-bond donors (Lipinski definition) is 0. The van der Waals surface area contributed by atoms with Gasteiger partial charge < -0.3 is 4.57 Å². The van der Waals surface area contributed by atoms with Gasteiger partial charge >= 0.3 is 0 Å². The maximum absolute atomic E-state index is 13.0. The SMILES string of the molecule is CCn1c(=NC(=O)c2ccc(S(=O)(=O)N3CCCCC3C)cc2)sc2c(Cl)ccc(C)c21. The van der Waals surface area contributed by atoms with Crippen LogP contribution in [0.5, 0.6) is 0 Å². The van der Waals surface area contributed by atoms with Crippen LogP contribution in [0.2, 0.25) is 5.02 Å². The Morgan fingerprint density at radius 2 is 1.91 bits per heavy atom. The molecule has 1 aliphatic heterocycles. The number of aryl methyl sites for hydroxylation is 2. The molecule has 0 aliphatic carbocycles. The molecule has 3 aromatic rings. The van der Waals surface area contributed by atoms with Crippen molar-refractivity contribution in [3.05, 3.63) is 57.3 Å². The Hall–Kier alpha value is -2.00. The highest BCUT2D eigenvalue weighted by atomic mass is 35.5. The van der Waals surface area contributed by atoms with E-state index in [9.17, 15) is 13.2 Å². The van der Waals surface area contributed by atoms with Crippen molar-refractivity contribution in [2.45, 2.75) is 57.5 Å². The minimum atomic E-state index is -3.58. The van der Waals surface area contributed by atoms with E-state index in [1.54, 1.807) is 4.31 Å². The third kappa shape index (κ3) is 4.17. The first kappa shape index (κ1) is 23.2. The van der Waals surface area contributed by atoms with Crippen molar-refractivity contribution in [2.75, 3.05) is 6.54 Å². The number of rotatable bonds is 4. The highest BCUT2D eigenvalue weighted by Gasteiger charge is 2.30. The van der Waals surface area contributed by atoms with Crippen molar-refractivity contribution in [1.29, 1.82) is 0 Å². The van der Waals surface area contributed by atoms with Gasteiger partial charge in [-0.05, 0) is 69.5 Å². The molecule has 170 valence electrons. The molecule has 9 heteroatoms. The van der Waals surface area contributed by atoms with Gasteiger partial charge in [0.25, 0.3) is 5.91 Å². The average Bonchev–Trinajstić information content (AvgIpc) is 3.16. The molecular formula is C23H26ClN3O3S2. The van der Waals surface area contributed by atoms with Gasteiger partial charge in [0.15, 0.2) is 4.80 Å². The topological polar surface area (TPSA) is 71.7 Å². The molecule has 2 aromatic carbocycles. The third-order valence-electron chi connectivity index (χ3n) is 5.94. The lowest BCUT2D eigenvalue weighted by Gasteiger charge is -2.32. The molecule has 0 N–H and O–H groups in total. The normalized spacial score (nSPS) is 18.4. The fraction of sp³-hybridized carbons (Fsp3) is 0.391. The number of aromatic nitrogens is 1.